The number of rotatable bonds is 3. The third kappa shape index (κ3) is 3.20. The first kappa shape index (κ1) is 15.8. The molecule has 0 nitrogen and oxygen atoms in total. The zero-order valence-corrected chi connectivity index (χ0v) is 14.3. The molecule has 2 aromatic rings. The number of hydrogen-bond acceptors (Lipinski definition) is 0. The van der Waals surface area contributed by atoms with Crippen molar-refractivity contribution in [2.75, 3.05) is 0 Å². The van der Waals surface area contributed by atoms with Gasteiger partial charge in [0.05, 0.1) is 0 Å². The van der Waals surface area contributed by atoms with E-state index >= 15 is 0 Å². The molecule has 0 aliphatic rings. The predicted molar refractivity (Wildman–Crippen MR) is 93.1 cm³/mol. The molecule has 0 spiro atoms. The summed E-state index contributed by atoms with van der Waals surface area (Å²) in [6.07, 6.45) is 1.10. The number of hydrogen-bond donors (Lipinski definition) is 0. The Morgan fingerprint density at radius 2 is 1.05 bits per heavy atom. The van der Waals surface area contributed by atoms with Crippen LogP contribution in [-0.2, 0) is 10.8 Å². The van der Waals surface area contributed by atoms with Crippen molar-refractivity contribution in [3.63, 3.8) is 0 Å². The Labute approximate surface area is 130 Å². The molecule has 0 amide bonds. The normalized spacial score (nSPS) is 14.8. The van der Waals surface area contributed by atoms with Crippen molar-refractivity contribution < 1.29 is 0 Å². The Kier molecular flexibility index (Phi) is 4.27. The Hall–Kier alpha value is -1.56. The Morgan fingerprint density at radius 1 is 0.667 bits per heavy atom. The molecule has 0 aromatic heterocycles. The van der Waals surface area contributed by atoms with Gasteiger partial charge < -0.3 is 0 Å². The van der Waals surface area contributed by atoms with Crippen molar-refractivity contribution >= 4 is 0 Å². The monoisotopic (exact) mass is 280 g/mol. The molecule has 0 bridgehead atoms. The van der Waals surface area contributed by atoms with Gasteiger partial charge in [-0.2, -0.15) is 0 Å². The molecule has 0 fully saturated rings. The Morgan fingerprint density at radius 3 is 1.43 bits per heavy atom. The largest absolute Gasteiger partial charge is 0.0642 e. The molecular formula is C21H28. The maximum Gasteiger partial charge on any atom is 0.0172 e. The number of aryl methyl sites for hydroxylation is 1. The molecular weight excluding hydrogens is 252 g/mol. The smallest absolute Gasteiger partial charge is 0.0172 e. The highest BCUT2D eigenvalue weighted by molar-refractivity contribution is 5.41. The average Bonchev–Trinajstić information content (AvgIpc) is 2.46. The summed E-state index contributed by atoms with van der Waals surface area (Å²) < 4.78 is 0. The molecule has 0 heterocycles. The van der Waals surface area contributed by atoms with Gasteiger partial charge in [0.25, 0.3) is 0 Å². The summed E-state index contributed by atoms with van der Waals surface area (Å²) in [4.78, 5) is 0. The van der Waals surface area contributed by atoms with Gasteiger partial charge >= 0.3 is 0 Å². The summed E-state index contributed by atoms with van der Waals surface area (Å²) in [5, 5.41) is 0. The van der Waals surface area contributed by atoms with E-state index in [2.05, 4.69) is 90.1 Å². The van der Waals surface area contributed by atoms with Gasteiger partial charge in [0.1, 0.15) is 0 Å². The zero-order valence-electron chi connectivity index (χ0n) is 14.3. The summed E-state index contributed by atoms with van der Waals surface area (Å²) in [6.45, 7) is 13.6. The van der Waals surface area contributed by atoms with Crippen LogP contribution in [0.25, 0.3) is 0 Å². The molecule has 21 heavy (non-hydrogen) atoms. The fourth-order valence-corrected chi connectivity index (χ4v) is 2.83. The highest BCUT2D eigenvalue weighted by Crippen LogP contribution is 2.36. The molecule has 0 aliphatic heterocycles. The molecule has 2 rings (SSSR count). The van der Waals surface area contributed by atoms with Crippen LogP contribution in [0.3, 0.4) is 0 Å². The van der Waals surface area contributed by atoms with Crippen LogP contribution in [0.5, 0.6) is 0 Å². The van der Waals surface area contributed by atoms with Crippen LogP contribution in [0.15, 0.2) is 48.5 Å². The van der Waals surface area contributed by atoms with Gasteiger partial charge in [0.2, 0.25) is 0 Å². The highest BCUT2D eigenvalue weighted by Gasteiger charge is 2.27. The van der Waals surface area contributed by atoms with Crippen molar-refractivity contribution in [3.05, 3.63) is 70.8 Å². The van der Waals surface area contributed by atoms with E-state index in [1.165, 1.54) is 22.3 Å². The maximum absolute atomic E-state index is 2.35. The van der Waals surface area contributed by atoms with Gasteiger partial charge in [-0.1, -0.05) is 88.7 Å². The highest BCUT2D eigenvalue weighted by atomic mass is 14.3. The fourth-order valence-electron chi connectivity index (χ4n) is 2.83. The molecule has 112 valence electrons. The third-order valence-electron chi connectivity index (χ3n) is 4.78. The van der Waals surface area contributed by atoms with E-state index in [-0.39, 0.29) is 10.8 Å². The quantitative estimate of drug-likeness (QED) is 0.646. The lowest BCUT2D eigenvalue weighted by molar-refractivity contribution is 0.546. The first-order valence-electron chi connectivity index (χ1n) is 7.95. The van der Waals surface area contributed by atoms with E-state index in [1.807, 2.05) is 0 Å². The summed E-state index contributed by atoms with van der Waals surface area (Å²) in [6, 6.07) is 18.2. The van der Waals surface area contributed by atoms with E-state index in [1.54, 1.807) is 0 Å². The maximum atomic E-state index is 2.35. The second-order valence-corrected chi connectivity index (χ2v) is 7.38. The SMILES string of the molecule is CCC(C)(c1ccc(C)cc1)c1ccc(C(C)(C)C)cc1. The molecule has 0 radical (unpaired) electrons. The van der Waals surface area contributed by atoms with Crippen LogP contribution < -0.4 is 0 Å². The summed E-state index contributed by atoms with van der Waals surface area (Å²) in [7, 11) is 0. The van der Waals surface area contributed by atoms with E-state index < -0.39 is 0 Å². The van der Waals surface area contributed by atoms with E-state index in [4.69, 9.17) is 0 Å². The zero-order chi connectivity index (χ0) is 15.7. The minimum absolute atomic E-state index is 0.0874. The molecule has 0 saturated carbocycles. The van der Waals surface area contributed by atoms with E-state index in [0.29, 0.717) is 0 Å². The standard InChI is InChI=1S/C21H28/c1-7-21(6,18-10-8-16(2)9-11-18)19-14-12-17(13-15-19)20(3,4)5/h8-15H,7H2,1-6H3. The van der Waals surface area contributed by atoms with Gasteiger partial charge in [0, 0.05) is 5.41 Å². The summed E-state index contributed by atoms with van der Waals surface area (Å²) in [5.74, 6) is 0. The van der Waals surface area contributed by atoms with Crippen LogP contribution in [-0.4, -0.2) is 0 Å². The summed E-state index contributed by atoms with van der Waals surface area (Å²) in [5.41, 5.74) is 5.82. The lowest BCUT2D eigenvalue weighted by Crippen LogP contribution is -2.23. The summed E-state index contributed by atoms with van der Waals surface area (Å²) >= 11 is 0. The average molecular weight is 280 g/mol. The molecule has 0 heteroatoms. The third-order valence-corrected chi connectivity index (χ3v) is 4.78. The van der Waals surface area contributed by atoms with Crippen molar-refractivity contribution in [3.8, 4) is 0 Å². The van der Waals surface area contributed by atoms with Crippen molar-refractivity contribution in [1.29, 1.82) is 0 Å². The first-order chi connectivity index (χ1) is 9.77. The van der Waals surface area contributed by atoms with Crippen molar-refractivity contribution in [1.82, 2.24) is 0 Å². The number of benzene rings is 2. The second-order valence-electron chi connectivity index (χ2n) is 7.38. The molecule has 0 saturated heterocycles. The van der Waals surface area contributed by atoms with Crippen LogP contribution in [0.4, 0.5) is 0 Å². The second kappa shape index (κ2) is 5.67. The molecule has 2 aromatic carbocycles. The van der Waals surface area contributed by atoms with Gasteiger partial charge in [-0.25, -0.2) is 0 Å². The molecule has 0 N–H and O–H groups in total. The first-order valence-corrected chi connectivity index (χ1v) is 7.95. The van der Waals surface area contributed by atoms with Gasteiger partial charge in [-0.3, -0.25) is 0 Å². The molecule has 1 atom stereocenters. The van der Waals surface area contributed by atoms with Gasteiger partial charge in [0.15, 0.2) is 0 Å². The van der Waals surface area contributed by atoms with Crippen LogP contribution in [0.2, 0.25) is 0 Å². The van der Waals surface area contributed by atoms with E-state index in [9.17, 15) is 0 Å². The molecule has 0 aliphatic carbocycles. The van der Waals surface area contributed by atoms with Crippen LogP contribution >= 0.6 is 0 Å². The van der Waals surface area contributed by atoms with Crippen molar-refractivity contribution in [2.45, 2.75) is 58.8 Å². The topological polar surface area (TPSA) is 0 Å². The minimum atomic E-state index is 0.0874. The Bertz CT molecular complexity index is 581. The molecule has 1 unspecified atom stereocenters. The van der Waals surface area contributed by atoms with Crippen LogP contribution in [0.1, 0.15) is 63.3 Å². The lowest BCUT2D eigenvalue weighted by Gasteiger charge is -2.31. The van der Waals surface area contributed by atoms with Gasteiger partial charge in [-0.15, -0.1) is 0 Å². The van der Waals surface area contributed by atoms with Crippen LogP contribution in [0, 0.1) is 6.92 Å². The van der Waals surface area contributed by atoms with Gasteiger partial charge in [-0.05, 0) is 35.4 Å². The van der Waals surface area contributed by atoms with Crippen molar-refractivity contribution in [2.24, 2.45) is 0 Å². The Balaban J connectivity index is 2.43. The lowest BCUT2D eigenvalue weighted by atomic mass is 9.73. The fraction of sp³-hybridized carbons (Fsp3) is 0.429. The minimum Gasteiger partial charge on any atom is -0.0642 e. The van der Waals surface area contributed by atoms with E-state index in [0.717, 1.165) is 6.42 Å². The predicted octanol–water partition coefficient (Wildman–Crippen LogP) is 6.01.